The van der Waals surface area contributed by atoms with E-state index in [4.69, 9.17) is 11.6 Å². The van der Waals surface area contributed by atoms with Crippen LogP contribution in [-0.4, -0.2) is 63.0 Å². The van der Waals surface area contributed by atoms with Gasteiger partial charge >= 0.3 is 0 Å². The lowest BCUT2D eigenvalue weighted by molar-refractivity contribution is -0.130. The van der Waals surface area contributed by atoms with Crippen LogP contribution in [0.25, 0.3) is 0 Å². The van der Waals surface area contributed by atoms with E-state index in [2.05, 4.69) is 5.10 Å². The van der Waals surface area contributed by atoms with Crippen LogP contribution in [0.15, 0.2) is 12.4 Å². The van der Waals surface area contributed by atoms with Gasteiger partial charge < -0.3 is 9.80 Å². The molecule has 20 heavy (non-hydrogen) atoms. The Morgan fingerprint density at radius 1 is 1.45 bits per heavy atom. The molecule has 1 aliphatic rings. The van der Waals surface area contributed by atoms with Crippen LogP contribution in [0.3, 0.4) is 0 Å². The largest absolute Gasteiger partial charge is 0.338 e. The Kier molecular flexibility index (Phi) is 5.83. The Labute approximate surface area is 129 Å². The summed E-state index contributed by atoms with van der Waals surface area (Å²) in [6, 6.07) is -0.0198. The average molecular weight is 321 g/mol. The lowest BCUT2D eigenvalue weighted by Gasteiger charge is -2.39. The first kappa shape index (κ1) is 16.8. The summed E-state index contributed by atoms with van der Waals surface area (Å²) in [7, 11) is 1.78. The van der Waals surface area contributed by atoms with Gasteiger partial charge in [0.05, 0.1) is 11.8 Å². The van der Waals surface area contributed by atoms with Crippen molar-refractivity contribution >= 4 is 35.8 Å². The Morgan fingerprint density at radius 3 is 2.65 bits per heavy atom. The monoisotopic (exact) mass is 320 g/mol. The van der Waals surface area contributed by atoms with Crippen molar-refractivity contribution in [3.63, 3.8) is 0 Å². The van der Waals surface area contributed by atoms with Gasteiger partial charge in [-0.05, 0) is 6.92 Å². The van der Waals surface area contributed by atoms with Gasteiger partial charge in [0.25, 0.3) is 5.91 Å². The summed E-state index contributed by atoms with van der Waals surface area (Å²) in [6.07, 6.45) is 3.26. The smallest absolute Gasteiger partial charge is 0.257 e. The summed E-state index contributed by atoms with van der Waals surface area (Å²) >= 11 is 5.55. The molecule has 2 heterocycles. The average Bonchev–Trinajstić information content (AvgIpc) is 2.83. The van der Waals surface area contributed by atoms with Crippen LogP contribution in [0.1, 0.15) is 17.3 Å². The van der Waals surface area contributed by atoms with Crippen molar-refractivity contribution in [2.45, 2.75) is 13.0 Å². The molecule has 0 bridgehead atoms. The molecule has 0 N–H and O–H groups in total. The molecule has 0 saturated carbocycles. The van der Waals surface area contributed by atoms with Crippen LogP contribution >= 0.6 is 24.0 Å². The standard InChI is InChI=1S/C12H17ClN4O2.ClH/c1-9-7-16(11(18)5-13)3-4-17(9)12(19)10-6-14-15(2)8-10;/h6,8-9H,3-5,7H2,1-2H3;1H/t9-;/m0./s1. The van der Waals surface area contributed by atoms with Crippen molar-refractivity contribution in [1.29, 1.82) is 0 Å². The Balaban J connectivity index is 0.00000200. The zero-order chi connectivity index (χ0) is 14.0. The van der Waals surface area contributed by atoms with Crippen LogP contribution in [0.2, 0.25) is 0 Å². The number of aryl methyl sites for hydroxylation is 1. The van der Waals surface area contributed by atoms with Gasteiger partial charge in [0.2, 0.25) is 5.91 Å². The summed E-state index contributed by atoms with van der Waals surface area (Å²) < 4.78 is 1.60. The first-order valence-electron chi connectivity index (χ1n) is 6.16. The second kappa shape index (κ2) is 6.95. The molecule has 0 unspecified atom stereocenters. The number of aromatic nitrogens is 2. The van der Waals surface area contributed by atoms with E-state index in [0.717, 1.165) is 0 Å². The number of carbonyl (C=O) groups is 2. The van der Waals surface area contributed by atoms with Gasteiger partial charge in [-0.15, -0.1) is 24.0 Å². The zero-order valence-corrected chi connectivity index (χ0v) is 13.0. The third kappa shape index (κ3) is 3.43. The summed E-state index contributed by atoms with van der Waals surface area (Å²) in [6.45, 7) is 3.51. The summed E-state index contributed by atoms with van der Waals surface area (Å²) in [4.78, 5) is 27.3. The first-order valence-corrected chi connectivity index (χ1v) is 6.69. The Hall–Kier alpha value is -1.27. The van der Waals surface area contributed by atoms with Crippen molar-refractivity contribution in [2.75, 3.05) is 25.5 Å². The second-order valence-electron chi connectivity index (χ2n) is 4.72. The molecular weight excluding hydrogens is 303 g/mol. The lowest BCUT2D eigenvalue weighted by Crippen LogP contribution is -2.55. The number of piperazine rings is 1. The topological polar surface area (TPSA) is 58.4 Å². The molecule has 1 atom stereocenters. The zero-order valence-electron chi connectivity index (χ0n) is 11.5. The van der Waals surface area contributed by atoms with Gasteiger partial charge in [0.15, 0.2) is 0 Å². The minimum atomic E-state index is -0.0815. The van der Waals surface area contributed by atoms with E-state index >= 15 is 0 Å². The number of amides is 2. The maximum Gasteiger partial charge on any atom is 0.257 e. The van der Waals surface area contributed by atoms with E-state index < -0.39 is 0 Å². The van der Waals surface area contributed by atoms with Crippen LogP contribution < -0.4 is 0 Å². The van der Waals surface area contributed by atoms with Crippen LogP contribution in [0.5, 0.6) is 0 Å². The minimum absolute atomic E-state index is 0. The highest BCUT2D eigenvalue weighted by molar-refractivity contribution is 6.27. The highest BCUT2D eigenvalue weighted by atomic mass is 35.5. The quantitative estimate of drug-likeness (QED) is 0.756. The van der Waals surface area contributed by atoms with Crippen LogP contribution in [0.4, 0.5) is 0 Å². The van der Waals surface area contributed by atoms with Crippen molar-refractivity contribution in [3.8, 4) is 0 Å². The Morgan fingerprint density at radius 2 is 2.15 bits per heavy atom. The summed E-state index contributed by atoms with van der Waals surface area (Å²) in [5, 5.41) is 4.00. The number of rotatable bonds is 2. The molecule has 112 valence electrons. The highest BCUT2D eigenvalue weighted by Crippen LogP contribution is 2.14. The van der Waals surface area contributed by atoms with Crippen molar-refractivity contribution in [1.82, 2.24) is 19.6 Å². The summed E-state index contributed by atoms with van der Waals surface area (Å²) in [5.41, 5.74) is 0.575. The molecule has 0 spiro atoms. The van der Waals surface area contributed by atoms with Crippen LogP contribution in [-0.2, 0) is 11.8 Å². The molecule has 1 aromatic rings. The van der Waals surface area contributed by atoms with Crippen LogP contribution in [0, 0.1) is 0 Å². The van der Waals surface area contributed by atoms with E-state index in [1.54, 1.807) is 33.9 Å². The number of hydrogen-bond donors (Lipinski definition) is 0. The molecule has 0 aromatic carbocycles. The fourth-order valence-electron chi connectivity index (χ4n) is 2.27. The van der Waals surface area contributed by atoms with Crippen molar-refractivity contribution < 1.29 is 9.59 Å². The molecule has 0 radical (unpaired) electrons. The molecule has 1 saturated heterocycles. The number of nitrogens with zero attached hydrogens (tertiary/aromatic N) is 4. The molecular formula is C12H18Cl2N4O2. The predicted molar refractivity (Wildman–Crippen MR) is 78.3 cm³/mol. The number of hydrogen-bond acceptors (Lipinski definition) is 3. The van der Waals surface area contributed by atoms with E-state index in [0.29, 0.717) is 25.2 Å². The molecule has 2 amide bonds. The Bertz CT molecular complexity index is 492. The van der Waals surface area contributed by atoms with Gasteiger partial charge in [-0.1, -0.05) is 0 Å². The molecule has 0 aliphatic carbocycles. The lowest BCUT2D eigenvalue weighted by atomic mass is 10.1. The second-order valence-corrected chi connectivity index (χ2v) is 4.99. The van der Waals surface area contributed by atoms with Crippen molar-refractivity contribution in [2.24, 2.45) is 7.05 Å². The summed E-state index contributed by atoms with van der Waals surface area (Å²) in [5.74, 6) is -0.135. The molecule has 1 fully saturated rings. The molecule has 6 nitrogen and oxygen atoms in total. The normalized spacial score (nSPS) is 18.6. The van der Waals surface area contributed by atoms with E-state index in [1.165, 1.54) is 0 Å². The molecule has 8 heteroatoms. The number of halogens is 2. The van der Waals surface area contributed by atoms with Gasteiger partial charge in [0, 0.05) is 38.9 Å². The van der Waals surface area contributed by atoms with Gasteiger partial charge in [-0.25, -0.2) is 0 Å². The fraction of sp³-hybridized carbons (Fsp3) is 0.583. The number of carbonyl (C=O) groups excluding carboxylic acids is 2. The molecule has 1 aromatic heterocycles. The molecule has 2 rings (SSSR count). The van der Waals surface area contributed by atoms with Crippen molar-refractivity contribution in [3.05, 3.63) is 18.0 Å². The van der Waals surface area contributed by atoms with E-state index in [-0.39, 0.29) is 36.1 Å². The third-order valence-corrected chi connectivity index (χ3v) is 3.54. The number of alkyl halides is 1. The maximum absolute atomic E-state index is 12.3. The van der Waals surface area contributed by atoms with Gasteiger partial charge in [-0.3, -0.25) is 14.3 Å². The SMILES string of the molecule is C[C@H]1CN(C(=O)CCl)CCN1C(=O)c1cnn(C)c1.Cl. The maximum atomic E-state index is 12.3. The predicted octanol–water partition coefficient (Wildman–Crippen LogP) is 0.754. The van der Waals surface area contributed by atoms with Gasteiger partial charge in [-0.2, -0.15) is 5.10 Å². The first-order chi connectivity index (χ1) is 9.02. The molecule has 1 aliphatic heterocycles. The van der Waals surface area contributed by atoms with E-state index in [1.807, 2.05) is 6.92 Å². The third-order valence-electron chi connectivity index (χ3n) is 3.31. The van der Waals surface area contributed by atoms with E-state index in [9.17, 15) is 9.59 Å². The van der Waals surface area contributed by atoms with Gasteiger partial charge in [0.1, 0.15) is 5.88 Å². The minimum Gasteiger partial charge on any atom is -0.338 e. The highest BCUT2D eigenvalue weighted by Gasteiger charge is 2.30. The fourth-order valence-corrected chi connectivity index (χ4v) is 2.44.